The molecule has 0 saturated carbocycles. The lowest BCUT2D eigenvalue weighted by atomic mass is 10.1. The quantitative estimate of drug-likeness (QED) is 0.556. The van der Waals surface area contributed by atoms with Crippen molar-refractivity contribution in [3.05, 3.63) is 46.8 Å². The van der Waals surface area contributed by atoms with Crippen LogP contribution in [0, 0.1) is 13.8 Å². The Bertz CT molecular complexity index is 726. The van der Waals surface area contributed by atoms with Crippen molar-refractivity contribution in [2.45, 2.75) is 44.0 Å². The van der Waals surface area contributed by atoms with Gasteiger partial charge >= 0.3 is 0 Å². The van der Waals surface area contributed by atoms with E-state index in [2.05, 4.69) is 34.5 Å². The van der Waals surface area contributed by atoms with Gasteiger partial charge in [0.2, 0.25) is 5.91 Å². The van der Waals surface area contributed by atoms with Gasteiger partial charge in [-0.3, -0.25) is 4.79 Å². The summed E-state index contributed by atoms with van der Waals surface area (Å²) in [5.74, 6) is 0.0155. The Balaban J connectivity index is 2.00. The number of nitrogens with zero attached hydrogens (tertiary/aromatic N) is 2. The highest BCUT2D eigenvalue weighted by Gasteiger charge is 2.11. The van der Waals surface area contributed by atoms with Gasteiger partial charge in [-0.1, -0.05) is 23.9 Å². The summed E-state index contributed by atoms with van der Waals surface area (Å²) in [6, 6.07) is 8.06. The number of thioether (sulfide) groups is 2. The highest BCUT2D eigenvalue weighted by Crippen LogP contribution is 2.27. The van der Waals surface area contributed by atoms with Crippen molar-refractivity contribution in [3.8, 4) is 0 Å². The topological polar surface area (TPSA) is 54.9 Å². The Kier molecular flexibility index (Phi) is 7.32. The number of anilines is 1. The van der Waals surface area contributed by atoms with Crippen molar-refractivity contribution in [1.82, 2.24) is 9.97 Å². The van der Waals surface area contributed by atoms with Crippen molar-refractivity contribution in [3.63, 3.8) is 0 Å². The number of hydrogen-bond donors (Lipinski definition) is 1. The van der Waals surface area contributed by atoms with Gasteiger partial charge in [-0.15, -0.1) is 0 Å². The Hall–Kier alpha value is -1.53. The number of aromatic nitrogens is 2. The Morgan fingerprint density at radius 2 is 1.88 bits per heavy atom. The summed E-state index contributed by atoms with van der Waals surface area (Å²) in [5, 5.41) is 4.19. The molecule has 0 aliphatic rings. The minimum absolute atomic E-state index is 0.0155. The van der Waals surface area contributed by atoms with E-state index >= 15 is 0 Å². The van der Waals surface area contributed by atoms with Crippen molar-refractivity contribution in [2.75, 3.05) is 17.8 Å². The summed E-state index contributed by atoms with van der Waals surface area (Å²) in [5.41, 5.74) is 5.06. The molecule has 134 valence electrons. The predicted octanol–water partition coefficient (Wildman–Crippen LogP) is 4.81. The van der Waals surface area contributed by atoms with Gasteiger partial charge in [0.1, 0.15) is 0 Å². The largest absolute Gasteiger partial charge is 0.326 e. The summed E-state index contributed by atoms with van der Waals surface area (Å²) in [4.78, 5) is 21.3. The molecule has 1 unspecified atom stereocenters. The van der Waals surface area contributed by atoms with E-state index in [1.54, 1.807) is 11.8 Å². The molecule has 1 heterocycles. The van der Waals surface area contributed by atoms with Crippen molar-refractivity contribution in [2.24, 2.45) is 0 Å². The molecule has 1 aromatic heterocycles. The first kappa shape index (κ1) is 19.8. The second-order valence-corrected chi connectivity index (χ2v) is 7.86. The van der Waals surface area contributed by atoms with E-state index in [0.717, 1.165) is 27.8 Å². The number of nitrogens with one attached hydrogen (secondary N) is 1. The van der Waals surface area contributed by atoms with Crippen LogP contribution in [0.5, 0.6) is 0 Å². The maximum Gasteiger partial charge on any atom is 0.224 e. The van der Waals surface area contributed by atoms with E-state index < -0.39 is 0 Å². The second-order valence-electron chi connectivity index (χ2n) is 5.91. The van der Waals surface area contributed by atoms with Crippen LogP contribution in [0.15, 0.2) is 29.4 Å². The first-order chi connectivity index (χ1) is 11.9. The van der Waals surface area contributed by atoms with Gasteiger partial charge < -0.3 is 5.32 Å². The smallest absolute Gasteiger partial charge is 0.224 e. The number of carbonyl (C=O) groups is 1. The molecule has 0 fully saturated rings. The molecule has 1 N–H and O–H groups in total. The zero-order valence-corrected chi connectivity index (χ0v) is 17.1. The first-order valence-corrected chi connectivity index (χ1v) is 10.8. The zero-order valence-electron chi connectivity index (χ0n) is 15.4. The number of benzene rings is 1. The van der Waals surface area contributed by atoms with E-state index in [-0.39, 0.29) is 5.91 Å². The third kappa shape index (κ3) is 5.47. The highest BCUT2D eigenvalue weighted by molar-refractivity contribution is 7.98. The molecule has 1 aromatic carbocycles. The maximum atomic E-state index is 12.3. The van der Waals surface area contributed by atoms with Crippen LogP contribution >= 0.6 is 23.5 Å². The molecule has 2 aromatic rings. The first-order valence-electron chi connectivity index (χ1n) is 8.25. The molecule has 0 saturated heterocycles. The minimum atomic E-state index is 0.0155. The van der Waals surface area contributed by atoms with Gasteiger partial charge in [-0.05, 0) is 63.0 Å². The van der Waals surface area contributed by atoms with Crippen LogP contribution < -0.4 is 5.32 Å². The third-order valence-corrected chi connectivity index (χ3v) is 5.71. The Morgan fingerprint density at radius 3 is 2.48 bits per heavy atom. The molecule has 0 spiro atoms. The summed E-state index contributed by atoms with van der Waals surface area (Å²) < 4.78 is 0. The van der Waals surface area contributed by atoms with E-state index in [9.17, 15) is 4.79 Å². The van der Waals surface area contributed by atoms with Crippen LogP contribution in [0.2, 0.25) is 0 Å². The molecule has 6 heteroatoms. The lowest BCUT2D eigenvalue weighted by molar-refractivity contribution is -0.116. The number of rotatable bonds is 7. The average Bonchev–Trinajstić information content (AvgIpc) is 2.60. The van der Waals surface area contributed by atoms with Crippen LogP contribution in [0.3, 0.4) is 0 Å². The molecule has 4 nitrogen and oxygen atoms in total. The van der Waals surface area contributed by atoms with Crippen LogP contribution in [-0.2, 0) is 11.2 Å². The Morgan fingerprint density at radius 1 is 1.20 bits per heavy atom. The number of amides is 1. The van der Waals surface area contributed by atoms with Gasteiger partial charge in [0.15, 0.2) is 5.16 Å². The van der Waals surface area contributed by atoms with Crippen LogP contribution in [0.25, 0.3) is 0 Å². The van der Waals surface area contributed by atoms with E-state index in [4.69, 9.17) is 0 Å². The number of aryl methyl sites for hydroxylation is 2. The molecule has 25 heavy (non-hydrogen) atoms. The fraction of sp³-hybridized carbons (Fsp3) is 0.421. The monoisotopic (exact) mass is 375 g/mol. The van der Waals surface area contributed by atoms with Crippen molar-refractivity contribution in [1.29, 1.82) is 0 Å². The molecular weight excluding hydrogens is 350 g/mol. The summed E-state index contributed by atoms with van der Waals surface area (Å²) in [6.07, 6.45) is 5.13. The molecule has 2 rings (SSSR count). The maximum absolute atomic E-state index is 12.3. The highest BCUT2D eigenvalue weighted by atomic mass is 32.2. The van der Waals surface area contributed by atoms with Crippen LogP contribution in [0.1, 0.15) is 41.1 Å². The van der Waals surface area contributed by atoms with E-state index in [0.29, 0.717) is 18.1 Å². The van der Waals surface area contributed by atoms with Gasteiger partial charge in [0.05, 0.1) is 0 Å². The van der Waals surface area contributed by atoms with Crippen molar-refractivity contribution < 1.29 is 4.79 Å². The number of carbonyl (C=O) groups excluding carboxylic acids is 1. The van der Waals surface area contributed by atoms with Gasteiger partial charge in [-0.25, -0.2) is 9.97 Å². The summed E-state index contributed by atoms with van der Waals surface area (Å²) in [7, 11) is 0. The summed E-state index contributed by atoms with van der Waals surface area (Å²) >= 11 is 3.33. The predicted molar refractivity (Wildman–Crippen MR) is 109 cm³/mol. The fourth-order valence-electron chi connectivity index (χ4n) is 2.63. The van der Waals surface area contributed by atoms with Gasteiger partial charge in [-0.2, -0.15) is 11.8 Å². The number of hydrogen-bond acceptors (Lipinski definition) is 5. The Labute approximate surface area is 158 Å². The van der Waals surface area contributed by atoms with Crippen LogP contribution in [-0.4, -0.2) is 28.4 Å². The normalized spacial score (nSPS) is 12.0. The third-order valence-electron chi connectivity index (χ3n) is 4.18. The molecule has 0 aliphatic carbocycles. The van der Waals surface area contributed by atoms with Crippen molar-refractivity contribution >= 4 is 35.1 Å². The molecule has 0 radical (unpaired) electrons. The van der Waals surface area contributed by atoms with Gasteiger partial charge in [0, 0.05) is 28.7 Å². The molecule has 1 atom stereocenters. The SMILES string of the molecule is CSc1nc(C)c(CCC(=O)Nc2cccc(C(C)SC)c2)c(C)n1. The zero-order chi connectivity index (χ0) is 18.4. The van der Waals surface area contributed by atoms with Crippen LogP contribution in [0.4, 0.5) is 5.69 Å². The molecule has 1 amide bonds. The molecule has 0 aliphatic heterocycles. The molecule has 0 bridgehead atoms. The minimum Gasteiger partial charge on any atom is -0.326 e. The van der Waals surface area contributed by atoms with Gasteiger partial charge in [0.25, 0.3) is 0 Å². The van der Waals surface area contributed by atoms with E-state index in [1.165, 1.54) is 17.3 Å². The lowest BCUT2D eigenvalue weighted by Gasteiger charge is -2.12. The average molecular weight is 376 g/mol. The fourth-order valence-corrected chi connectivity index (χ4v) is 3.50. The standard InChI is InChI=1S/C19H25N3OS2/c1-12-17(13(2)21-19(20-12)25-5)9-10-18(23)22-16-8-6-7-15(11-16)14(3)24-4/h6-8,11,14H,9-10H2,1-5H3,(H,22,23). The molecular formula is C19H25N3OS2. The summed E-state index contributed by atoms with van der Waals surface area (Å²) in [6.45, 7) is 6.12. The van der Waals surface area contributed by atoms with E-state index in [1.807, 2.05) is 38.3 Å². The second kappa shape index (κ2) is 9.25. The lowest BCUT2D eigenvalue weighted by Crippen LogP contribution is -2.14.